The van der Waals surface area contributed by atoms with E-state index in [4.69, 9.17) is 0 Å². The first-order chi connectivity index (χ1) is 20.3. The third-order valence-electron chi connectivity index (χ3n) is 7.02. The highest BCUT2D eigenvalue weighted by Gasteiger charge is 2.25. The van der Waals surface area contributed by atoms with E-state index in [1.54, 1.807) is 23.1 Å². The number of carboxylic acids is 1. The molecule has 0 heterocycles. The number of hydrogen-bond donors (Lipinski definition) is 1. The van der Waals surface area contributed by atoms with Crippen molar-refractivity contribution >= 4 is 17.8 Å². The Bertz CT molecular complexity index is 1490. The van der Waals surface area contributed by atoms with Gasteiger partial charge in [0.05, 0.1) is 6.42 Å². The van der Waals surface area contributed by atoms with E-state index < -0.39 is 5.97 Å². The monoisotopic (exact) mass is 563 g/mol. The van der Waals surface area contributed by atoms with Crippen LogP contribution in [0.1, 0.15) is 38.3 Å². The maximum atomic E-state index is 14.1. The van der Waals surface area contributed by atoms with Gasteiger partial charge in [-0.2, -0.15) is 0 Å². The highest BCUT2D eigenvalue weighted by Crippen LogP contribution is 2.30. The zero-order valence-corrected chi connectivity index (χ0v) is 24.1. The predicted octanol–water partition coefficient (Wildman–Crippen LogP) is 5.67. The summed E-state index contributed by atoms with van der Waals surface area (Å²) in [4.78, 5) is 45.0. The molecule has 0 unspecified atom stereocenters. The van der Waals surface area contributed by atoms with Crippen molar-refractivity contribution in [2.45, 2.75) is 19.5 Å². The summed E-state index contributed by atoms with van der Waals surface area (Å²) in [6, 6.07) is 34.0. The molecule has 4 aromatic rings. The molecule has 0 atom stereocenters. The van der Waals surface area contributed by atoms with Gasteiger partial charge in [0.15, 0.2) is 0 Å². The van der Waals surface area contributed by atoms with Crippen LogP contribution in [-0.2, 0) is 17.9 Å². The van der Waals surface area contributed by atoms with Gasteiger partial charge >= 0.3 is 5.97 Å². The molecule has 0 saturated heterocycles. The number of hydrogen-bond acceptors (Lipinski definition) is 4. The van der Waals surface area contributed by atoms with Gasteiger partial charge < -0.3 is 19.8 Å². The van der Waals surface area contributed by atoms with Crippen LogP contribution in [0.3, 0.4) is 0 Å². The lowest BCUT2D eigenvalue weighted by molar-refractivity contribution is -0.137. The van der Waals surface area contributed by atoms with Crippen LogP contribution in [0, 0.1) is 0 Å². The van der Waals surface area contributed by atoms with E-state index >= 15 is 0 Å². The van der Waals surface area contributed by atoms with Crippen molar-refractivity contribution in [1.29, 1.82) is 0 Å². The van der Waals surface area contributed by atoms with Crippen molar-refractivity contribution < 1.29 is 19.5 Å². The molecule has 4 aromatic carbocycles. The lowest BCUT2D eigenvalue weighted by Crippen LogP contribution is -2.36. The summed E-state index contributed by atoms with van der Waals surface area (Å²) in [7, 11) is 3.96. The summed E-state index contributed by atoms with van der Waals surface area (Å²) in [6.07, 6.45) is -0.171. The van der Waals surface area contributed by atoms with Crippen molar-refractivity contribution in [1.82, 2.24) is 14.7 Å². The first-order valence-electron chi connectivity index (χ1n) is 14.0. The quantitative estimate of drug-likeness (QED) is 0.227. The van der Waals surface area contributed by atoms with Crippen LogP contribution < -0.4 is 0 Å². The fourth-order valence-electron chi connectivity index (χ4n) is 4.81. The van der Waals surface area contributed by atoms with Crippen molar-refractivity contribution in [2.75, 3.05) is 33.7 Å². The Morgan fingerprint density at radius 3 is 1.38 bits per heavy atom. The Labute approximate surface area is 247 Å². The van der Waals surface area contributed by atoms with E-state index in [1.807, 2.05) is 115 Å². The second-order valence-corrected chi connectivity index (χ2v) is 10.5. The highest BCUT2D eigenvalue weighted by molar-refractivity contribution is 6.06. The number of carbonyl (C=O) groups excluding carboxylic acids is 2. The molecule has 0 aliphatic heterocycles. The van der Waals surface area contributed by atoms with E-state index in [9.17, 15) is 19.5 Å². The van der Waals surface area contributed by atoms with E-state index in [2.05, 4.69) is 0 Å². The number of nitrogens with zero attached hydrogens (tertiary/aromatic N) is 3. The number of aliphatic carboxylic acids is 1. The maximum absolute atomic E-state index is 14.1. The average molecular weight is 564 g/mol. The first kappa shape index (κ1) is 30.2. The van der Waals surface area contributed by atoms with Gasteiger partial charge in [0.2, 0.25) is 0 Å². The molecule has 0 saturated carbocycles. The number of carboxylic acid groups (broad SMARTS) is 1. The molecule has 0 fully saturated rings. The Hall–Kier alpha value is -4.75. The van der Waals surface area contributed by atoms with Crippen molar-refractivity contribution in [3.8, 4) is 11.1 Å². The van der Waals surface area contributed by atoms with Gasteiger partial charge in [-0.1, -0.05) is 97.1 Å². The molecule has 0 spiro atoms. The Balaban J connectivity index is 1.71. The molecular formula is C35H37N3O4. The summed E-state index contributed by atoms with van der Waals surface area (Å²) in [5.74, 6) is -1.38. The molecule has 7 heteroatoms. The maximum Gasteiger partial charge on any atom is 0.305 e. The normalized spacial score (nSPS) is 10.8. The molecule has 0 aromatic heterocycles. The third kappa shape index (κ3) is 8.15. The van der Waals surface area contributed by atoms with Gasteiger partial charge in [0, 0.05) is 43.9 Å². The summed E-state index contributed by atoms with van der Waals surface area (Å²) in [5.41, 5.74) is 4.16. The van der Waals surface area contributed by atoms with E-state index in [1.165, 1.54) is 0 Å². The number of benzene rings is 4. The fraction of sp³-hybridized carbons (Fsp3) is 0.229. The lowest BCUT2D eigenvalue weighted by Gasteiger charge is -2.27. The lowest BCUT2D eigenvalue weighted by atomic mass is 9.93. The minimum atomic E-state index is -0.971. The number of likely N-dealkylation sites (N-methyl/N-ethyl adjacent to an activating group) is 1. The molecule has 2 amide bonds. The van der Waals surface area contributed by atoms with E-state index in [-0.39, 0.29) is 31.3 Å². The first-order valence-corrected chi connectivity index (χ1v) is 14.0. The van der Waals surface area contributed by atoms with Crippen LogP contribution in [0.4, 0.5) is 0 Å². The van der Waals surface area contributed by atoms with E-state index in [0.717, 1.165) is 11.1 Å². The van der Waals surface area contributed by atoms with Crippen LogP contribution in [0.2, 0.25) is 0 Å². The predicted molar refractivity (Wildman–Crippen MR) is 165 cm³/mol. The highest BCUT2D eigenvalue weighted by atomic mass is 16.4. The summed E-state index contributed by atoms with van der Waals surface area (Å²) >= 11 is 0. The molecule has 0 bridgehead atoms. The molecule has 0 radical (unpaired) electrons. The zero-order valence-electron chi connectivity index (χ0n) is 24.1. The Morgan fingerprint density at radius 2 is 0.952 bits per heavy atom. The molecule has 216 valence electrons. The van der Waals surface area contributed by atoms with Crippen LogP contribution in [0.15, 0.2) is 109 Å². The van der Waals surface area contributed by atoms with Crippen LogP contribution >= 0.6 is 0 Å². The fourth-order valence-corrected chi connectivity index (χ4v) is 4.81. The molecule has 4 rings (SSSR count). The van der Waals surface area contributed by atoms with Crippen LogP contribution in [0.25, 0.3) is 11.1 Å². The molecule has 42 heavy (non-hydrogen) atoms. The Morgan fingerprint density at radius 1 is 0.548 bits per heavy atom. The Kier molecular flexibility index (Phi) is 10.6. The van der Waals surface area contributed by atoms with Crippen molar-refractivity contribution in [3.63, 3.8) is 0 Å². The number of rotatable bonds is 13. The third-order valence-corrected chi connectivity index (χ3v) is 7.02. The summed E-state index contributed by atoms with van der Waals surface area (Å²) in [6.45, 7) is 2.04. The van der Waals surface area contributed by atoms with Gasteiger partial charge in [-0.15, -0.1) is 0 Å². The molecule has 0 aliphatic carbocycles. The summed E-state index contributed by atoms with van der Waals surface area (Å²) in [5, 5.41) is 9.36. The second kappa shape index (κ2) is 14.8. The standard InChI is InChI=1S/C35H37N3O4/c1-36(2)23-24-38(26-28-15-7-4-8-16-28)35(42)32-20-12-10-18-30(32)29-17-9-11-19-31(29)34(41)37(22-21-33(39)40)25-27-13-5-3-6-14-27/h3-20H,21-26H2,1-2H3,(H,39,40). The zero-order chi connectivity index (χ0) is 29.9. The van der Waals surface area contributed by atoms with Gasteiger partial charge in [-0.3, -0.25) is 14.4 Å². The van der Waals surface area contributed by atoms with Gasteiger partial charge in [0.1, 0.15) is 0 Å². The van der Waals surface area contributed by atoms with Crippen molar-refractivity contribution in [3.05, 3.63) is 131 Å². The van der Waals surface area contributed by atoms with Gasteiger partial charge in [0.25, 0.3) is 11.8 Å². The topological polar surface area (TPSA) is 81.2 Å². The van der Waals surface area contributed by atoms with Crippen molar-refractivity contribution in [2.24, 2.45) is 0 Å². The van der Waals surface area contributed by atoms with Crippen LogP contribution in [0.5, 0.6) is 0 Å². The largest absolute Gasteiger partial charge is 0.481 e. The second-order valence-electron chi connectivity index (χ2n) is 10.5. The van der Waals surface area contributed by atoms with Crippen LogP contribution in [-0.4, -0.2) is 71.3 Å². The number of amides is 2. The van der Waals surface area contributed by atoms with Gasteiger partial charge in [-0.25, -0.2) is 0 Å². The SMILES string of the molecule is CN(C)CCN(Cc1ccccc1)C(=O)c1ccccc1-c1ccccc1C(=O)N(CCC(=O)O)Cc1ccccc1. The smallest absolute Gasteiger partial charge is 0.305 e. The minimum Gasteiger partial charge on any atom is -0.481 e. The molecule has 7 nitrogen and oxygen atoms in total. The van der Waals surface area contributed by atoms with E-state index in [0.29, 0.717) is 41.9 Å². The van der Waals surface area contributed by atoms with Gasteiger partial charge in [-0.05, 0) is 48.5 Å². The molecule has 0 aliphatic rings. The molecular weight excluding hydrogens is 526 g/mol. The number of carbonyl (C=O) groups is 3. The minimum absolute atomic E-state index is 0.0629. The summed E-state index contributed by atoms with van der Waals surface area (Å²) < 4.78 is 0. The average Bonchev–Trinajstić information content (AvgIpc) is 3.01. The molecule has 1 N–H and O–H groups in total.